The van der Waals surface area contributed by atoms with Gasteiger partial charge in [-0.05, 0) is 60.7 Å². The van der Waals surface area contributed by atoms with Gasteiger partial charge in [0.1, 0.15) is 0 Å². The van der Waals surface area contributed by atoms with Crippen LogP contribution in [0.4, 0.5) is 17.1 Å². The van der Waals surface area contributed by atoms with Crippen molar-refractivity contribution >= 4 is 34.4 Å². The number of nitrogens with one attached hydrogen (secondary N) is 2. The number of Topliss-reactive ketones (excluding diaryl/α,β-unsaturated/α-hetero) is 1. The van der Waals surface area contributed by atoms with Crippen LogP contribution in [0.2, 0.25) is 5.02 Å². The van der Waals surface area contributed by atoms with Crippen LogP contribution in [0.25, 0.3) is 0 Å². The molecular formula is C27H24ClN3O5. The summed E-state index contributed by atoms with van der Waals surface area (Å²) in [4.78, 5) is 24.8. The molecule has 0 bridgehead atoms. The Bertz CT molecular complexity index is 1390. The normalized spacial score (nSPS) is 18.9. The molecule has 0 saturated carbocycles. The first-order valence-electron chi connectivity index (χ1n) is 11.6. The van der Waals surface area contributed by atoms with Crippen LogP contribution in [-0.2, 0) is 4.79 Å². The molecule has 0 fully saturated rings. The molecule has 8 nitrogen and oxygen atoms in total. The molecule has 1 aliphatic carbocycles. The third-order valence-corrected chi connectivity index (χ3v) is 6.81. The van der Waals surface area contributed by atoms with Crippen LogP contribution in [0.3, 0.4) is 0 Å². The van der Waals surface area contributed by atoms with Crippen LogP contribution in [0.5, 0.6) is 11.5 Å². The van der Waals surface area contributed by atoms with Crippen LogP contribution in [0.15, 0.2) is 71.9 Å². The maximum absolute atomic E-state index is 13.7. The summed E-state index contributed by atoms with van der Waals surface area (Å²) in [5.41, 5.74) is 3.81. The van der Waals surface area contributed by atoms with Gasteiger partial charge in [-0.2, -0.15) is 0 Å². The second-order valence-electron chi connectivity index (χ2n) is 8.80. The van der Waals surface area contributed by atoms with Crippen molar-refractivity contribution in [1.82, 2.24) is 0 Å². The number of carbonyl (C=O) groups is 1. The number of hydrogen-bond donors (Lipinski definition) is 3. The number of aromatic hydroxyl groups is 1. The average Bonchev–Trinajstić information content (AvgIpc) is 3.02. The molecule has 2 unspecified atom stereocenters. The van der Waals surface area contributed by atoms with E-state index in [0.29, 0.717) is 22.6 Å². The van der Waals surface area contributed by atoms with Gasteiger partial charge >= 0.3 is 5.69 Å². The molecule has 3 aromatic rings. The second kappa shape index (κ2) is 9.54. The van der Waals surface area contributed by atoms with E-state index < -0.39 is 22.4 Å². The van der Waals surface area contributed by atoms with Gasteiger partial charge in [0.15, 0.2) is 11.5 Å². The monoisotopic (exact) mass is 505 g/mol. The summed E-state index contributed by atoms with van der Waals surface area (Å²) in [7, 11) is 0. The number of phenols is 1. The first kappa shape index (κ1) is 23.7. The summed E-state index contributed by atoms with van der Waals surface area (Å²) >= 11 is 6.06. The Kier molecular flexibility index (Phi) is 6.28. The SMILES string of the molecule is CCOc1cc(C2Nc3ccccc3NC3=C2C(=O)CC(c2ccc(Cl)cc2)C3)cc([N+](=O)[O-])c1O. The minimum atomic E-state index is -0.687. The number of nitro groups is 1. The van der Waals surface area contributed by atoms with Crippen LogP contribution in [-0.4, -0.2) is 22.4 Å². The molecule has 1 aliphatic heterocycles. The van der Waals surface area contributed by atoms with Crippen LogP contribution < -0.4 is 15.4 Å². The molecule has 36 heavy (non-hydrogen) atoms. The Morgan fingerprint density at radius 3 is 2.50 bits per heavy atom. The number of ether oxygens (including phenoxy) is 1. The summed E-state index contributed by atoms with van der Waals surface area (Å²) in [6.45, 7) is 1.94. The number of allylic oxidation sites excluding steroid dienone is 1. The lowest BCUT2D eigenvalue weighted by molar-refractivity contribution is -0.386. The van der Waals surface area contributed by atoms with Gasteiger partial charge in [0.25, 0.3) is 0 Å². The number of phenolic OH excluding ortho intramolecular Hbond substituents is 1. The van der Waals surface area contributed by atoms with Gasteiger partial charge in [0, 0.05) is 28.8 Å². The van der Waals surface area contributed by atoms with Crippen molar-refractivity contribution in [3.63, 3.8) is 0 Å². The lowest BCUT2D eigenvalue weighted by Gasteiger charge is -2.30. The summed E-state index contributed by atoms with van der Waals surface area (Å²) in [6, 6.07) is 17.2. The van der Waals surface area contributed by atoms with Gasteiger partial charge in [0.2, 0.25) is 5.75 Å². The van der Waals surface area contributed by atoms with E-state index in [4.69, 9.17) is 16.3 Å². The second-order valence-corrected chi connectivity index (χ2v) is 9.23. The summed E-state index contributed by atoms with van der Waals surface area (Å²) in [5, 5.41) is 29.6. The zero-order valence-corrected chi connectivity index (χ0v) is 20.2. The van der Waals surface area contributed by atoms with Crippen molar-refractivity contribution in [3.05, 3.63) is 98.2 Å². The lowest BCUT2D eigenvalue weighted by atomic mass is 9.78. The van der Waals surface area contributed by atoms with Gasteiger partial charge in [-0.15, -0.1) is 0 Å². The highest BCUT2D eigenvalue weighted by Crippen LogP contribution is 2.47. The minimum absolute atomic E-state index is 0.00144. The van der Waals surface area contributed by atoms with Crippen molar-refractivity contribution < 1.29 is 19.6 Å². The van der Waals surface area contributed by atoms with Gasteiger partial charge in [0.05, 0.1) is 28.9 Å². The van der Waals surface area contributed by atoms with Gasteiger partial charge in [-0.1, -0.05) is 35.9 Å². The minimum Gasteiger partial charge on any atom is -0.500 e. The molecule has 2 aliphatic rings. The molecule has 0 spiro atoms. The Labute approximate surface area is 212 Å². The van der Waals surface area contributed by atoms with Gasteiger partial charge < -0.3 is 20.5 Å². The number of fused-ring (bicyclic) bond motifs is 1. The number of benzene rings is 3. The van der Waals surface area contributed by atoms with Crippen LogP contribution in [0.1, 0.15) is 42.9 Å². The number of hydrogen-bond acceptors (Lipinski definition) is 7. The zero-order valence-electron chi connectivity index (χ0n) is 19.5. The highest BCUT2D eigenvalue weighted by molar-refractivity contribution is 6.30. The third-order valence-electron chi connectivity index (χ3n) is 6.56. The van der Waals surface area contributed by atoms with Crippen LogP contribution >= 0.6 is 11.6 Å². The number of nitrogens with zero attached hydrogens (tertiary/aromatic N) is 1. The van der Waals surface area contributed by atoms with Gasteiger partial charge in [-0.25, -0.2) is 0 Å². The number of para-hydroxylation sites is 2. The fourth-order valence-corrected chi connectivity index (χ4v) is 5.02. The predicted molar refractivity (Wildman–Crippen MR) is 138 cm³/mol. The summed E-state index contributed by atoms with van der Waals surface area (Å²) in [5.74, 6) is -0.647. The molecule has 0 amide bonds. The maximum atomic E-state index is 13.7. The Hall–Kier alpha value is -4.04. The smallest absolute Gasteiger partial charge is 0.315 e. The summed E-state index contributed by atoms with van der Waals surface area (Å²) < 4.78 is 5.50. The highest BCUT2D eigenvalue weighted by Gasteiger charge is 2.37. The standard InChI is InChI=1S/C27H24ClN3O5/c1-2-36-24-14-17(12-22(27(24)33)31(34)35)26-25-21(29-19-5-3-4-6-20(19)30-26)11-16(13-23(25)32)15-7-9-18(28)10-8-15/h3-10,12,14,16,26,29-30,33H,2,11,13H2,1H3. The maximum Gasteiger partial charge on any atom is 0.315 e. The van der Waals surface area contributed by atoms with Crippen molar-refractivity contribution in [2.24, 2.45) is 0 Å². The number of rotatable bonds is 5. The Morgan fingerprint density at radius 2 is 1.81 bits per heavy atom. The largest absolute Gasteiger partial charge is 0.500 e. The Balaban J connectivity index is 1.65. The molecule has 0 aromatic heterocycles. The van der Waals surface area contributed by atoms with Crippen molar-refractivity contribution in [2.45, 2.75) is 31.7 Å². The molecule has 184 valence electrons. The van der Waals surface area contributed by atoms with E-state index in [1.54, 1.807) is 13.0 Å². The number of nitro benzene ring substituents is 1. The van der Waals surface area contributed by atoms with Gasteiger partial charge in [-0.3, -0.25) is 14.9 Å². The van der Waals surface area contributed by atoms with Crippen molar-refractivity contribution in [1.29, 1.82) is 0 Å². The fourth-order valence-electron chi connectivity index (χ4n) is 4.90. The first-order chi connectivity index (χ1) is 17.4. The molecular weight excluding hydrogens is 482 g/mol. The molecule has 2 atom stereocenters. The van der Waals surface area contributed by atoms with Crippen molar-refractivity contribution in [2.75, 3.05) is 17.2 Å². The molecule has 1 heterocycles. The highest BCUT2D eigenvalue weighted by atomic mass is 35.5. The van der Waals surface area contributed by atoms with E-state index in [1.165, 1.54) is 6.07 Å². The van der Waals surface area contributed by atoms with E-state index in [2.05, 4.69) is 10.6 Å². The average molecular weight is 506 g/mol. The quantitative estimate of drug-likeness (QED) is 0.274. The lowest BCUT2D eigenvalue weighted by Crippen LogP contribution is -2.27. The fraction of sp³-hybridized carbons (Fsp3) is 0.222. The topological polar surface area (TPSA) is 114 Å². The van der Waals surface area contributed by atoms with E-state index in [1.807, 2.05) is 48.5 Å². The number of anilines is 2. The molecule has 9 heteroatoms. The first-order valence-corrected chi connectivity index (χ1v) is 12.0. The van der Waals surface area contributed by atoms with Crippen LogP contribution in [0, 0.1) is 10.1 Å². The number of halogens is 1. The van der Waals surface area contributed by atoms with E-state index in [0.717, 1.165) is 22.6 Å². The van der Waals surface area contributed by atoms with Crippen molar-refractivity contribution in [3.8, 4) is 11.5 Å². The van der Waals surface area contributed by atoms with E-state index >= 15 is 0 Å². The molecule has 3 aromatic carbocycles. The third kappa shape index (κ3) is 4.35. The molecule has 5 rings (SSSR count). The Morgan fingerprint density at radius 1 is 1.08 bits per heavy atom. The van der Waals surface area contributed by atoms with E-state index in [-0.39, 0.29) is 30.5 Å². The molecule has 0 saturated heterocycles. The summed E-state index contributed by atoms with van der Waals surface area (Å²) in [6.07, 6.45) is 0.864. The van der Waals surface area contributed by atoms with E-state index in [9.17, 15) is 20.0 Å². The predicted octanol–water partition coefficient (Wildman–Crippen LogP) is 6.33. The number of carbonyl (C=O) groups excluding carboxylic acids is 1. The zero-order chi connectivity index (χ0) is 25.4. The molecule has 0 radical (unpaired) electrons. The molecule has 3 N–H and O–H groups in total. The number of ketones is 1.